The van der Waals surface area contributed by atoms with Crippen molar-refractivity contribution < 1.29 is 9.53 Å². The first-order valence-electron chi connectivity index (χ1n) is 12.2. The van der Waals surface area contributed by atoms with Crippen LogP contribution in [0.2, 0.25) is 0 Å². The molecule has 0 bridgehead atoms. The molecule has 186 valence electrons. The van der Waals surface area contributed by atoms with Crippen molar-refractivity contribution in [2.24, 2.45) is 0 Å². The van der Waals surface area contributed by atoms with E-state index in [2.05, 4.69) is 10.00 Å². The fourth-order valence-corrected chi connectivity index (χ4v) is 5.21. The van der Waals surface area contributed by atoms with Gasteiger partial charge in [-0.1, -0.05) is 66.3 Å². The molecule has 1 saturated heterocycles. The molecule has 4 aromatic rings. The zero-order chi connectivity index (χ0) is 25.1. The van der Waals surface area contributed by atoms with Crippen LogP contribution in [0.25, 0.3) is 15.5 Å². The summed E-state index contributed by atoms with van der Waals surface area (Å²) < 4.78 is 7.31. The van der Waals surface area contributed by atoms with E-state index in [4.69, 9.17) is 9.72 Å². The van der Waals surface area contributed by atoms with E-state index in [0.717, 1.165) is 16.3 Å². The molecular weight excluding hydrogens is 474 g/mol. The summed E-state index contributed by atoms with van der Waals surface area (Å²) in [6.45, 7) is 7.23. The maximum atomic E-state index is 13.0. The average Bonchev–Trinajstić information content (AvgIpc) is 3.33. The van der Waals surface area contributed by atoms with Crippen molar-refractivity contribution >= 4 is 22.2 Å². The maximum Gasteiger partial charge on any atom is 0.275 e. The zero-order valence-electron chi connectivity index (χ0n) is 20.5. The van der Waals surface area contributed by atoms with E-state index in [1.165, 1.54) is 21.4 Å². The molecule has 0 N–H and O–H groups in total. The number of carbonyl (C=O) groups excluding carboxylic acids is 1. The van der Waals surface area contributed by atoms with E-state index < -0.39 is 6.10 Å². The van der Waals surface area contributed by atoms with Gasteiger partial charge in [-0.2, -0.15) is 9.61 Å². The predicted molar refractivity (Wildman–Crippen MR) is 140 cm³/mol. The Morgan fingerprint density at radius 3 is 2.47 bits per heavy atom. The number of benzene rings is 2. The first-order valence-corrected chi connectivity index (χ1v) is 13.0. The van der Waals surface area contributed by atoms with Crippen molar-refractivity contribution in [3.05, 3.63) is 82.3 Å². The molecule has 9 heteroatoms. The molecular formula is C27H29N5O3S. The maximum absolute atomic E-state index is 13.0. The van der Waals surface area contributed by atoms with Crippen molar-refractivity contribution in [2.45, 2.75) is 32.9 Å². The van der Waals surface area contributed by atoms with Gasteiger partial charge in [0.05, 0.1) is 5.69 Å². The summed E-state index contributed by atoms with van der Waals surface area (Å²) in [5.41, 5.74) is 2.69. The average molecular weight is 504 g/mol. The summed E-state index contributed by atoms with van der Waals surface area (Å²) in [6, 6.07) is 19.1. The highest BCUT2D eigenvalue weighted by Gasteiger charge is 2.28. The van der Waals surface area contributed by atoms with Crippen molar-refractivity contribution in [3.8, 4) is 16.3 Å². The number of amides is 1. The number of nitrogens with zero attached hydrogens (tertiary/aromatic N) is 5. The highest BCUT2D eigenvalue weighted by atomic mass is 32.1. The second-order valence-electron chi connectivity index (χ2n) is 8.98. The fourth-order valence-electron chi connectivity index (χ4n) is 4.28. The van der Waals surface area contributed by atoms with Gasteiger partial charge in [-0.15, -0.1) is 0 Å². The van der Waals surface area contributed by atoms with Crippen molar-refractivity contribution in [1.29, 1.82) is 0 Å². The molecule has 1 aliphatic heterocycles. The number of piperazine rings is 1. The Hall–Kier alpha value is -3.56. The lowest BCUT2D eigenvalue weighted by atomic mass is 10.2. The molecule has 0 spiro atoms. The van der Waals surface area contributed by atoms with E-state index in [9.17, 15) is 9.59 Å². The minimum atomic E-state index is -0.489. The molecule has 1 atom stereocenters. The quantitative estimate of drug-likeness (QED) is 0.383. The Bertz CT molecular complexity index is 1390. The highest BCUT2D eigenvalue weighted by molar-refractivity contribution is 7.19. The minimum Gasteiger partial charge on any atom is -0.481 e. The van der Waals surface area contributed by atoms with E-state index in [1.54, 1.807) is 6.07 Å². The topological polar surface area (TPSA) is 80.0 Å². The van der Waals surface area contributed by atoms with E-state index in [-0.39, 0.29) is 11.5 Å². The Labute approximate surface area is 213 Å². The molecule has 3 heterocycles. The molecule has 0 aliphatic carbocycles. The normalized spacial score (nSPS) is 15.2. The molecule has 2 aromatic heterocycles. The van der Waals surface area contributed by atoms with Crippen LogP contribution in [0.3, 0.4) is 0 Å². The number of carbonyl (C=O) groups is 1. The fraction of sp³-hybridized carbons (Fsp3) is 0.333. The number of fused-ring (bicyclic) bond motifs is 1. The highest BCUT2D eigenvalue weighted by Crippen LogP contribution is 2.24. The molecule has 1 amide bonds. The Kier molecular flexibility index (Phi) is 7.11. The van der Waals surface area contributed by atoms with Gasteiger partial charge in [-0.05, 0) is 25.5 Å². The molecule has 1 aliphatic rings. The van der Waals surface area contributed by atoms with Gasteiger partial charge in [0.2, 0.25) is 4.96 Å². The molecule has 36 heavy (non-hydrogen) atoms. The lowest BCUT2D eigenvalue weighted by Gasteiger charge is -2.36. The van der Waals surface area contributed by atoms with Crippen LogP contribution in [0.15, 0.2) is 65.5 Å². The SMILES string of the molecule is CC[C@@H](Oc1ccccc1)C(=O)N1CCN(Cc2cc(=O)n3nc(-c4ccc(C)cc4)sc3n2)CC1. The van der Waals surface area contributed by atoms with Crippen LogP contribution in [0.5, 0.6) is 5.75 Å². The van der Waals surface area contributed by atoms with Crippen LogP contribution in [0, 0.1) is 6.92 Å². The number of hydrogen-bond acceptors (Lipinski definition) is 7. The van der Waals surface area contributed by atoms with Crippen molar-refractivity contribution in [3.63, 3.8) is 0 Å². The summed E-state index contributed by atoms with van der Waals surface area (Å²) in [7, 11) is 0. The van der Waals surface area contributed by atoms with E-state index in [1.807, 2.05) is 73.3 Å². The number of aryl methyl sites for hydroxylation is 1. The van der Waals surface area contributed by atoms with Gasteiger partial charge < -0.3 is 9.64 Å². The number of para-hydroxylation sites is 1. The summed E-state index contributed by atoms with van der Waals surface area (Å²) in [5, 5.41) is 5.24. The molecule has 0 saturated carbocycles. The summed E-state index contributed by atoms with van der Waals surface area (Å²) in [6.07, 6.45) is 0.124. The second kappa shape index (κ2) is 10.6. The Morgan fingerprint density at radius 2 is 1.78 bits per heavy atom. The minimum absolute atomic E-state index is 0.0205. The van der Waals surface area contributed by atoms with Gasteiger partial charge in [0.25, 0.3) is 11.5 Å². The molecule has 0 radical (unpaired) electrons. The van der Waals surface area contributed by atoms with E-state index >= 15 is 0 Å². The number of rotatable bonds is 7. The molecule has 5 rings (SSSR count). The first-order chi connectivity index (χ1) is 17.5. The summed E-state index contributed by atoms with van der Waals surface area (Å²) in [4.78, 5) is 35.2. The van der Waals surface area contributed by atoms with Gasteiger partial charge >= 0.3 is 0 Å². The summed E-state index contributed by atoms with van der Waals surface area (Å²) in [5.74, 6) is 0.727. The Morgan fingerprint density at radius 1 is 1.06 bits per heavy atom. The van der Waals surface area contributed by atoms with Gasteiger partial charge in [0, 0.05) is 44.4 Å². The Balaban J connectivity index is 1.22. The first kappa shape index (κ1) is 24.1. The van der Waals surface area contributed by atoms with Crippen LogP contribution in [0.1, 0.15) is 24.6 Å². The largest absolute Gasteiger partial charge is 0.481 e. The molecule has 1 fully saturated rings. The summed E-state index contributed by atoms with van der Waals surface area (Å²) >= 11 is 1.41. The smallest absolute Gasteiger partial charge is 0.275 e. The van der Waals surface area contributed by atoms with Gasteiger partial charge in [0.1, 0.15) is 10.8 Å². The number of ether oxygens (including phenoxy) is 1. The number of hydrogen-bond donors (Lipinski definition) is 0. The van der Waals surface area contributed by atoms with Crippen LogP contribution < -0.4 is 10.3 Å². The lowest BCUT2D eigenvalue weighted by molar-refractivity contribution is -0.140. The third-order valence-electron chi connectivity index (χ3n) is 6.33. The number of aromatic nitrogens is 3. The van der Waals surface area contributed by atoms with Gasteiger partial charge in [0.15, 0.2) is 6.10 Å². The standard InChI is InChI=1S/C27H29N5O3S/c1-3-23(35-22-7-5-4-6-8-22)26(34)31-15-13-30(14-16-31)18-21-17-24(33)32-27(28-21)36-25(29-32)20-11-9-19(2)10-12-20/h4-12,17,23H,3,13-16,18H2,1-2H3/t23-/m1/s1. The van der Waals surface area contributed by atoms with Crippen molar-refractivity contribution in [1.82, 2.24) is 24.4 Å². The van der Waals surface area contributed by atoms with Crippen LogP contribution in [-0.2, 0) is 11.3 Å². The monoisotopic (exact) mass is 503 g/mol. The predicted octanol–water partition coefficient (Wildman–Crippen LogP) is 3.63. The van der Waals surface area contributed by atoms with E-state index in [0.29, 0.717) is 49.9 Å². The van der Waals surface area contributed by atoms with Crippen LogP contribution in [0.4, 0.5) is 0 Å². The molecule has 2 aromatic carbocycles. The van der Waals surface area contributed by atoms with Gasteiger partial charge in [-0.3, -0.25) is 14.5 Å². The lowest BCUT2D eigenvalue weighted by Crippen LogP contribution is -2.52. The third-order valence-corrected chi connectivity index (χ3v) is 7.29. The second-order valence-corrected chi connectivity index (χ2v) is 9.94. The van der Waals surface area contributed by atoms with Gasteiger partial charge in [-0.25, -0.2) is 4.98 Å². The molecule has 0 unspecified atom stereocenters. The van der Waals surface area contributed by atoms with Crippen LogP contribution >= 0.6 is 11.3 Å². The molecule has 8 nitrogen and oxygen atoms in total. The third kappa shape index (κ3) is 5.32. The van der Waals surface area contributed by atoms with Crippen LogP contribution in [-0.4, -0.2) is 62.6 Å². The zero-order valence-corrected chi connectivity index (χ0v) is 21.3. The van der Waals surface area contributed by atoms with Crippen molar-refractivity contribution in [2.75, 3.05) is 26.2 Å².